The molecule has 0 bridgehead atoms. The van der Waals surface area contributed by atoms with E-state index >= 15 is 0 Å². The first kappa shape index (κ1) is 29.7. The topological polar surface area (TPSA) is 214 Å². The van der Waals surface area contributed by atoms with Gasteiger partial charge in [-0.1, -0.05) is 0 Å². The molecule has 2 saturated heterocycles. The first-order valence-electron chi connectivity index (χ1n) is 11.5. The number of fused-ring (bicyclic) bond motifs is 1. The van der Waals surface area contributed by atoms with E-state index in [0.717, 1.165) is 24.5 Å². The maximum atomic E-state index is 13.3. The Bertz CT molecular complexity index is 1230. The summed E-state index contributed by atoms with van der Waals surface area (Å²) in [6.45, 7) is 5.58. The van der Waals surface area contributed by atoms with Crippen LogP contribution in [0.15, 0.2) is 21.9 Å². The first-order valence-corrected chi connectivity index (χ1v) is 13.0. The highest BCUT2D eigenvalue weighted by Crippen LogP contribution is 2.58. The van der Waals surface area contributed by atoms with Crippen LogP contribution in [-0.4, -0.2) is 76.7 Å². The second-order valence-electron chi connectivity index (χ2n) is 9.14. The third-order valence-electron chi connectivity index (χ3n) is 5.46. The molecular weight excluding hydrogens is 533 g/mol. The van der Waals surface area contributed by atoms with Crippen LogP contribution in [0.2, 0.25) is 0 Å². The molecule has 2 fully saturated rings. The largest absolute Gasteiger partial charge is 0.475 e. The molecule has 2 aliphatic heterocycles. The number of phosphoric ester groups is 1. The van der Waals surface area contributed by atoms with Crippen molar-refractivity contribution in [1.82, 2.24) is 9.55 Å². The summed E-state index contributed by atoms with van der Waals surface area (Å²) >= 11 is 0. The van der Waals surface area contributed by atoms with E-state index in [1.165, 1.54) is 13.1 Å². The van der Waals surface area contributed by atoms with Gasteiger partial charge in [0, 0.05) is 26.1 Å². The molecule has 0 saturated carbocycles. The van der Waals surface area contributed by atoms with Crippen LogP contribution in [0.3, 0.4) is 0 Å². The molecular formula is C21H30N3O13P. The highest BCUT2D eigenvalue weighted by Gasteiger charge is 2.59. The zero-order valence-corrected chi connectivity index (χ0v) is 22.2. The molecule has 0 aliphatic carbocycles. The maximum Gasteiger partial charge on any atom is 0.475 e. The summed E-state index contributed by atoms with van der Waals surface area (Å²) in [4.78, 5) is 61.6. The number of nitrogens with zero attached hydrogens (tertiary/aromatic N) is 1. The molecule has 3 rings (SSSR count). The normalized spacial score (nSPS) is 30.2. The number of carbonyl (C=O) groups is 3. The number of aromatic nitrogens is 2. The van der Waals surface area contributed by atoms with Crippen LogP contribution >= 0.6 is 7.82 Å². The van der Waals surface area contributed by atoms with E-state index in [0.29, 0.717) is 0 Å². The smallest absolute Gasteiger partial charge is 0.460 e. The van der Waals surface area contributed by atoms with Crippen molar-refractivity contribution < 1.29 is 51.5 Å². The summed E-state index contributed by atoms with van der Waals surface area (Å²) in [6.07, 6.45) is -5.84. The second kappa shape index (κ2) is 11.5. The van der Waals surface area contributed by atoms with Crippen LogP contribution in [0.25, 0.3) is 0 Å². The minimum Gasteiger partial charge on any atom is -0.460 e. The van der Waals surface area contributed by atoms with Gasteiger partial charge in [-0.15, -0.1) is 0 Å². The van der Waals surface area contributed by atoms with Crippen LogP contribution in [0.1, 0.15) is 40.8 Å². The Morgan fingerprint density at radius 1 is 1.21 bits per heavy atom. The fourth-order valence-corrected chi connectivity index (χ4v) is 5.42. The average molecular weight is 563 g/mol. The monoisotopic (exact) mass is 563 g/mol. The fraction of sp³-hybridized carbons (Fsp3) is 0.667. The predicted octanol–water partition coefficient (Wildman–Crippen LogP) is -0.493. The molecule has 0 unspecified atom stereocenters. The molecule has 7 atom stereocenters. The van der Waals surface area contributed by atoms with Gasteiger partial charge >= 0.3 is 31.4 Å². The van der Waals surface area contributed by atoms with Crippen molar-refractivity contribution >= 4 is 25.7 Å². The molecule has 2 aliphatic rings. The molecule has 17 heteroatoms. The summed E-state index contributed by atoms with van der Waals surface area (Å²) in [5, 5.41) is 0. The molecule has 16 nitrogen and oxygen atoms in total. The maximum absolute atomic E-state index is 13.3. The quantitative estimate of drug-likeness (QED) is 0.220. The zero-order chi connectivity index (χ0) is 28.4. The van der Waals surface area contributed by atoms with Crippen LogP contribution in [-0.2, 0) is 51.5 Å². The van der Waals surface area contributed by atoms with Gasteiger partial charge in [-0.05, 0) is 20.8 Å². The Morgan fingerprint density at radius 3 is 2.45 bits per heavy atom. The van der Waals surface area contributed by atoms with Gasteiger partial charge in [0.25, 0.3) is 5.56 Å². The number of H-pyrrole nitrogens is 1. The third kappa shape index (κ3) is 6.76. The summed E-state index contributed by atoms with van der Waals surface area (Å²) in [6, 6.07) is 1.10. The lowest BCUT2D eigenvalue weighted by atomic mass is 9.93. The Morgan fingerprint density at radius 2 is 1.87 bits per heavy atom. The molecule has 1 aromatic rings. The van der Waals surface area contributed by atoms with Gasteiger partial charge in [0.2, 0.25) is 6.10 Å². The van der Waals surface area contributed by atoms with Crippen LogP contribution in [0.5, 0.6) is 0 Å². The van der Waals surface area contributed by atoms with E-state index in [9.17, 15) is 28.5 Å². The van der Waals surface area contributed by atoms with Crippen LogP contribution in [0.4, 0.5) is 0 Å². The molecule has 1 aromatic heterocycles. The lowest BCUT2D eigenvalue weighted by Crippen LogP contribution is -2.55. The molecule has 0 radical (unpaired) electrons. The summed E-state index contributed by atoms with van der Waals surface area (Å²) in [5.41, 5.74) is 3.55. The minimum absolute atomic E-state index is 0.329. The highest BCUT2D eigenvalue weighted by atomic mass is 31.2. The van der Waals surface area contributed by atoms with E-state index in [4.69, 9.17) is 38.3 Å². The fourth-order valence-electron chi connectivity index (χ4n) is 3.93. The lowest BCUT2D eigenvalue weighted by Gasteiger charge is -2.36. The summed E-state index contributed by atoms with van der Waals surface area (Å²) in [5.74, 6) is -2.76. The van der Waals surface area contributed by atoms with Crippen molar-refractivity contribution in [2.24, 2.45) is 5.73 Å². The zero-order valence-electron chi connectivity index (χ0n) is 21.3. The number of hydrogen-bond acceptors (Lipinski definition) is 14. The molecule has 0 spiro atoms. The Hall–Kier alpha value is -2.88. The van der Waals surface area contributed by atoms with E-state index in [1.807, 2.05) is 0 Å². The number of rotatable bonds is 9. The highest BCUT2D eigenvalue weighted by molar-refractivity contribution is 7.48. The van der Waals surface area contributed by atoms with E-state index < -0.39 is 85.9 Å². The van der Waals surface area contributed by atoms with Crippen molar-refractivity contribution in [2.75, 3.05) is 13.2 Å². The van der Waals surface area contributed by atoms with Crippen molar-refractivity contribution in [1.29, 1.82) is 0 Å². The van der Waals surface area contributed by atoms with Crippen molar-refractivity contribution in [3.8, 4) is 0 Å². The predicted molar refractivity (Wildman–Crippen MR) is 125 cm³/mol. The third-order valence-corrected chi connectivity index (χ3v) is 6.87. The van der Waals surface area contributed by atoms with Crippen molar-refractivity contribution in [3.05, 3.63) is 33.1 Å². The van der Waals surface area contributed by atoms with Gasteiger partial charge in [0.1, 0.15) is 18.8 Å². The number of aromatic amines is 1. The van der Waals surface area contributed by atoms with Gasteiger partial charge in [0.15, 0.2) is 12.3 Å². The van der Waals surface area contributed by atoms with Gasteiger partial charge in [-0.2, -0.15) is 0 Å². The number of esters is 3. The number of carbonyl (C=O) groups excluding carboxylic acids is 3. The van der Waals surface area contributed by atoms with Gasteiger partial charge in [-0.25, -0.2) is 14.2 Å². The number of nitrogens with two attached hydrogens (primary N) is 1. The van der Waals surface area contributed by atoms with E-state index in [2.05, 4.69) is 4.98 Å². The van der Waals surface area contributed by atoms with Crippen molar-refractivity contribution in [2.45, 2.75) is 76.9 Å². The van der Waals surface area contributed by atoms with Crippen LogP contribution < -0.4 is 17.0 Å². The van der Waals surface area contributed by atoms with E-state index in [-0.39, 0.29) is 6.61 Å². The number of nitrogens with one attached hydrogen (secondary N) is 1. The van der Waals surface area contributed by atoms with Gasteiger partial charge in [0.05, 0.1) is 18.2 Å². The molecule has 3 N–H and O–H groups in total. The standard InChI is InChI=1S/C21H30N3O13P/c1-10(2)33-18(28)16(35-12(4)26)13(34-11(3)25)8-31-38(30)32-9-14-17(37-38)21(5,22)19(36-14)24-7-6-15(27)23-20(24)29/h6-7,10,13-14,16-17,19H,8-9,22H2,1-5H3,(H,23,27,29)/t13-,14+,16+,17+,19+,21+,38+/m0/s1. The average Bonchev–Trinajstić information content (AvgIpc) is 3.04. The molecule has 212 valence electrons. The van der Waals surface area contributed by atoms with Crippen molar-refractivity contribution in [3.63, 3.8) is 0 Å². The molecule has 0 aromatic carbocycles. The minimum atomic E-state index is -4.42. The lowest BCUT2D eigenvalue weighted by molar-refractivity contribution is -0.185. The molecule has 3 heterocycles. The number of ether oxygens (including phenoxy) is 4. The van der Waals surface area contributed by atoms with Gasteiger partial charge in [-0.3, -0.25) is 37.5 Å². The Kier molecular flexibility index (Phi) is 8.96. The number of hydrogen-bond donors (Lipinski definition) is 2. The van der Waals surface area contributed by atoms with E-state index in [1.54, 1.807) is 13.8 Å². The van der Waals surface area contributed by atoms with Crippen LogP contribution in [0, 0.1) is 0 Å². The Labute approximate surface area is 216 Å². The number of phosphoric acid groups is 1. The first-order chi connectivity index (χ1) is 17.6. The van der Waals surface area contributed by atoms with Gasteiger partial charge < -0.3 is 24.7 Å². The Balaban J connectivity index is 1.79. The molecule has 38 heavy (non-hydrogen) atoms. The SMILES string of the molecule is CC(=O)O[C@@H](CO[P@]1(=O)OC[C@H]2O[C@@H](n3ccc(=O)[nH]c3=O)[C@](C)(N)[C@@H]2O1)[C@@H](OC(C)=O)C(=O)OC(C)C. The summed E-state index contributed by atoms with van der Waals surface area (Å²) in [7, 11) is -4.42. The summed E-state index contributed by atoms with van der Waals surface area (Å²) < 4.78 is 51.5. The second-order valence-corrected chi connectivity index (χ2v) is 10.8. The molecule has 0 amide bonds.